The highest BCUT2D eigenvalue weighted by Crippen LogP contribution is 2.25. The minimum absolute atomic E-state index is 0.245. The molecule has 0 aliphatic rings. The fourth-order valence-corrected chi connectivity index (χ4v) is 3.98. The van der Waals surface area contributed by atoms with Crippen LogP contribution in [0.15, 0.2) is 66.3 Å². The third-order valence-electron chi connectivity index (χ3n) is 4.40. The van der Waals surface area contributed by atoms with Gasteiger partial charge in [0.25, 0.3) is 5.91 Å². The maximum Gasteiger partial charge on any atom is 0.253 e. The Balaban J connectivity index is 1.74. The van der Waals surface area contributed by atoms with E-state index in [1.54, 1.807) is 42.1 Å². The summed E-state index contributed by atoms with van der Waals surface area (Å²) < 4.78 is 1.98. The number of hydrogen-bond donors (Lipinski definition) is 1. The van der Waals surface area contributed by atoms with Gasteiger partial charge in [0.05, 0.1) is 16.6 Å². The van der Waals surface area contributed by atoms with E-state index in [0.29, 0.717) is 23.0 Å². The van der Waals surface area contributed by atoms with Crippen LogP contribution in [-0.2, 0) is 12.3 Å². The zero-order chi connectivity index (χ0) is 20.8. The number of aromatic nitrogens is 3. The summed E-state index contributed by atoms with van der Waals surface area (Å²) in [5.74, 6) is 1.22. The molecular weight excluding hydrogens is 404 g/mol. The van der Waals surface area contributed by atoms with Crippen molar-refractivity contribution >= 4 is 29.3 Å². The Hall–Kier alpha value is -2.57. The summed E-state index contributed by atoms with van der Waals surface area (Å²) in [6.07, 6.45) is 1.80. The third kappa shape index (κ3) is 5.28. The Morgan fingerprint density at radius 3 is 2.66 bits per heavy atom. The van der Waals surface area contributed by atoms with E-state index in [4.69, 9.17) is 11.6 Å². The van der Waals surface area contributed by atoms with Crippen molar-refractivity contribution < 1.29 is 4.79 Å². The number of halogens is 1. The van der Waals surface area contributed by atoms with Gasteiger partial charge in [0, 0.05) is 12.3 Å². The molecule has 1 heterocycles. The Bertz CT molecular complexity index is 1000. The van der Waals surface area contributed by atoms with E-state index in [2.05, 4.69) is 53.3 Å². The van der Waals surface area contributed by atoms with Gasteiger partial charge in [-0.2, -0.15) is 0 Å². The van der Waals surface area contributed by atoms with Crippen LogP contribution in [0.25, 0.3) is 0 Å². The summed E-state index contributed by atoms with van der Waals surface area (Å²) in [6.45, 7) is 8.35. The smallest absolute Gasteiger partial charge is 0.253 e. The minimum Gasteiger partial charge on any atom is -0.342 e. The Kier molecular flexibility index (Phi) is 7.12. The van der Waals surface area contributed by atoms with E-state index in [0.717, 1.165) is 10.9 Å². The second-order valence-corrected chi connectivity index (χ2v) is 8.04. The minimum atomic E-state index is -0.333. The molecule has 0 aliphatic carbocycles. The number of nitrogens with one attached hydrogen (secondary N) is 1. The van der Waals surface area contributed by atoms with Crippen LogP contribution in [0.1, 0.15) is 40.3 Å². The summed E-state index contributed by atoms with van der Waals surface area (Å²) in [4.78, 5) is 12.6. The summed E-state index contributed by atoms with van der Waals surface area (Å²) >= 11 is 7.74. The van der Waals surface area contributed by atoms with Gasteiger partial charge >= 0.3 is 0 Å². The molecular formula is C22H23ClN4OS. The van der Waals surface area contributed by atoms with Gasteiger partial charge in [0.1, 0.15) is 0 Å². The Morgan fingerprint density at radius 1 is 1.24 bits per heavy atom. The van der Waals surface area contributed by atoms with Crippen molar-refractivity contribution in [2.45, 2.75) is 37.3 Å². The summed E-state index contributed by atoms with van der Waals surface area (Å²) in [7, 11) is 0. The van der Waals surface area contributed by atoms with Crippen molar-refractivity contribution in [3.63, 3.8) is 0 Å². The normalized spacial score (nSPS) is 11.8. The van der Waals surface area contributed by atoms with Crippen molar-refractivity contribution in [1.29, 1.82) is 0 Å². The molecule has 7 heteroatoms. The standard InChI is InChI=1S/C22H23ClN4OS/c1-4-13-27-20(16(3)24-21(28)18-7-5-6-8-19(18)23)25-26-22(27)29-14-17-11-9-15(2)10-12-17/h4-12,16H,1,13-14H2,2-3H3,(H,24,28)/t16-/m0/s1. The number of aryl methyl sites for hydroxylation is 1. The first-order chi connectivity index (χ1) is 14.0. The van der Waals surface area contributed by atoms with Gasteiger partial charge in [-0.15, -0.1) is 16.8 Å². The maximum absolute atomic E-state index is 12.6. The number of benzene rings is 2. The molecule has 0 saturated carbocycles. The monoisotopic (exact) mass is 426 g/mol. The quantitative estimate of drug-likeness (QED) is 0.396. The van der Waals surface area contributed by atoms with Gasteiger partial charge in [-0.25, -0.2) is 0 Å². The van der Waals surface area contributed by atoms with E-state index in [9.17, 15) is 4.79 Å². The zero-order valence-corrected chi connectivity index (χ0v) is 18.0. The highest BCUT2D eigenvalue weighted by atomic mass is 35.5. The number of thioether (sulfide) groups is 1. The first-order valence-corrected chi connectivity index (χ1v) is 10.6. The first kappa shape index (κ1) is 21.1. The van der Waals surface area contributed by atoms with Crippen LogP contribution in [0.3, 0.4) is 0 Å². The van der Waals surface area contributed by atoms with Crippen LogP contribution in [0.5, 0.6) is 0 Å². The molecule has 3 aromatic rings. The largest absolute Gasteiger partial charge is 0.342 e. The lowest BCUT2D eigenvalue weighted by atomic mass is 10.2. The molecule has 0 unspecified atom stereocenters. The van der Waals surface area contributed by atoms with Gasteiger partial charge in [0.2, 0.25) is 0 Å². The average molecular weight is 427 g/mol. The summed E-state index contributed by atoms with van der Waals surface area (Å²) in [5.41, 5.74) is 2.89. The SMILES string of the molecule is C=CCn1c(SCc2ccc(C)cc2)nnc1[C@H](C)NC(=O)c1ccccc1Cl. The lowest BCUT2D eigenvalue weighted by Crippen LogP contribution is -2.29. The van der Waals surface area contributed by atoms with E-state index >= 15 is 0 Å². The van der Waals surface area contributed by atoms with Gasteiger partial charge in [-0.3, -0.25) is 4.79 Å². The van der Waals surface area contributed by atoms with E-state index in [1.807, 2.05) is 11.5 Å². The molecule has 2 aromatic carbocycles. The molecule has 1 aromatic heterocycles. The number of rotatable bonds is 8. The van der Waals surface area contributed by atoms with Crippen LogP contribution in [-0.4, -0.2) is 20.7 Å². The second kappa shape index (κ2) is 9.76. The highest BCUT2D eigenvalue weighted by Gasteiger charge is 2.20. The van der Waals surface area contributed by atoms with Crippen molar-refractivity contribution in [3.05, 3.63) is 88.7 Å². The molecule has 5 nitrogen and oxygen atoms in total. The number of carbonyl (C=O) groups is 1. The first-order valence-electron chi connectivity index (χ1n) is 9.27. The number of allylic oxidation sites excluding steroid dienone is 1. The van der Waals surface area contributed by atoms with Crippen molar-refractivity contribution in [3.8, 4) is 0 Å². The third-order valence-corrected chi connectivity index (χ3v) is 5.77. The average Bonchev–Trinajstić information content (AvgIpc) is 3.11. The van der Waals surface area contributed by atoms with Crippen molar-refractivity contribution in [1.82, 2.24) is 20.1 Å². The van der Waals surface area contributed by atoms with Gasteiger partial charge in [0.15, 0.2) is 11.0 Å². The molecule has 1 atom stereocenters. The van der Waals surface area contributed by atoms with Crippen LogP contribution in [0.4, 0.5) is 0 Å². The van der Waals surface area contributed by atoms with Gasteiger partial charge < -0.3 is 9.88 Å². The molecule has 29 heavy (non-hydrogen) atoms. The number of hydrogen-bond acceptors (Lipinski definition) is 4. The van der Waals surface area contributed by atoms with Crippen LogP contribution >= 0.6 is 23.4 Å². The molecule has 1 amide bonds. The van der Waals surface area contributed by atoms with Crippen LogP contribution in [0.2, 0.25) is 5.02 Å². The molecule has 0 spiro atoms. The highest BCUT2D eigenvalue weighted by molar-refractivity contribution is 7.98. The lowest BCUT2D eigenvalue weighted by molar-refractivity contribution is 0.0937. The fourth-order valence-electron chi connectivity index (χ4n) is 2.84. The topological polar surface area (TPSA) is 59.8 Å². The zero-order valence-electron chi connectivity index (χ0n) is 16.4. The van der Waals surface area contributed by atoms with E-state index in [1.165, 1.54) is 11.1 Å². The van der Waals surface area contributed by atoms with Gasteiger partial charge in [-0.1, -0.05) is 71.4 Å². The van der Waals surface area contributed by atoms with Crippen LogP contribution < -0.4 is 5.32 Å². The molecule has 0 radical (unpaired) electrons. The maximum atomic E-state index is 12.6. The number of nitrogens with zero attached hydrogens (tertiary/aromatic N) is 3. The number of amides is 1. The molecule has 1 N–H and O–H groups in total. The predicted octanol–water partition coefficient (Wildman–Crippen LogP) is 5.21. The lowest BCUT2D eigenvalue weighted by Gasteiger charge is -2.15. The summed E-state index contributed by atoms with van der Waals surface area (Å²) in [6, 6.07) is 15.1. The fraction of sp³-hybridized carbons (Fsp3) is 0.227. The predicted molar refractivity (Wildman–Crippen MR) is 118 cm³/mol. The van der Waals surface area contributed by atoms with Crippen molar-refractivity contribution in [2.75, 3.05) is 0 Å². The number of carbonyl (C=O) groups excluding carboxylic acids is 1. The van der Waals surface area contributed by atoms with Crippen molar-refractivity contribution in [2.24, 2.45) is 0 Å². The van der Waals surface area contributed by atoms with Crippen LogP contribution in [0, 0.1) is 6.92 Å². The molecule has 0 saturated heterocycles. The second-order valence-electron chi connectivity index (χ2n) is 6.69. The molecule has 150 valence electrons. The Labute approximate surface area is 180 Å². The van der Waals surface area contributed by atoms with E-state index in [-0.39, 0.29) is 11.9 Å². The van der Waals surface area contributed by atoms with Gasteiger partial charge in [-0.05, 0) is 31.5 Å². The molecule has 0 aliphatic heterocycles. The molecule has 0 fully saturated rings. The Morgan fingerprint density at radius 2 is 1.97 bits per heavy atom. The molecule has 3 rings (SSSR count). The summed E-state index contributed by atoms with van der Waals surface area (Å²) in [5, 5.41) is 12.8. The molecule has 0 bridgehead atoms. The van der Waals surface area contributed by atoms with E-state index < -0.39 is 0 Å².